The van der Waals surface area contributed by atoms with Crippen molar-refractivity contribution in [2.24, 2.45) is 0 Å². The predicted molar refractivity (Wildman–Crippen MR) is 95.3 cm³/mol. The van der Waals surface area contributed by atoms with Crippen molar-refractivity contribution in [2.45, 2.75) is 25.8 Å². The number of esters is 1. The minimum Gasteiger partial charge on any atom is -0.484 e. The highest BCUT2D eigenvalue weighted by molar-refractivity contribution is 5.86. The fourth-order valence-electron chi connectivity index (χ4n) is 2.43. The molecule has 1 atom stereocenters. The van der Waals surface area contributed by atoms with Crippen LogP contribution in [0.4, 0.5) is 0 Å². The number of amides is 1. The molecule has 2 aromatic carbocycles. The third-order valence-electron chi connectivity index (χ3n) is 3.71. The van der Waals surface area contributed by atoms with Crippen molar-refractivity contribution in [3.8, 4) is 5.75 Å². The number of carbonyl (C=O) groups is 2. The van der Waals surface area contributed by atoms with E-state index in [1.807, 2.05) is 30.3 Å². The number of carbonyl (C=O) groups excluding carboxylic acids is 2. The van der Waals surface area contributed by atoms with Gasteiger partial charge in [-0.2, -0.15) is 0 Å². The van der Waals surface area contributed by atoms with Crippen LogP contribution in [-0.2, 0) is 20.7 Å². The van der Waals surface area contributed by atoms with E-state index in [0.29, 0.717) is 11.3 Å². The number of rotatable bonds is 8. The van der Waals surface area contributed by atoms with Crippen molar-refractivity contribution in [2.75, 3.05) is 13.7 Å². The van der Waals surface area contributed by atoms with Crippen molar-refractivity contribution in [1.29, 1.82) is 0 Å². The Bertz CT molecular complexity index is 683. The first-order valence-corrected chi connectivity index (χ1v) is 8.28. The smallest absolute Gasteiger partial charge is 0.333 e. The van der Waals surface area contributed by atoms with Crippen LogP contribution in [0.5, 0.6) is 5.75 Å². The lowest BCUT2D eigenvalue weighted by Gasteiger charge is -2.17. The second kappa shape index (κ2) is 9.47. The van der Waals surface area contributed by atoms with E-state index in [2.05, 4.69) is 12.2 Å². The van der Waals surface area contributed by atoms with E-state index < -0.39 is 17.9 Å². The molecule has 0 aromatic heterocycles. The van der Waals surface area contributed by atoms with Crippen LogP contribution in [0, 0.1) is 0 Å². The molecule has 1 amide bonds. The van der Waals surface area contributed by atoms with Crippen molar-refractivity contribution in [3.63, 3.8) is 0 Å². The first-order chi connectivity index (χ1) is 12.1. The Morgan fingerprint density at radius 3 is 2.32 bits per heavy atom. The van der Waals surface area contributed by atoms with Crippen LogP contribution in [0.25, 0.3) is 0 Å². The Labute approximate surface area is 148 Å². The van der Waals surface area contributed by atoms with Gasteiger partial charge in [-0.25, -0.2) is 4.79 Å². The topological polar surface area (TPSA) is 64.6 Å². The summed E-state index contributed by atoms with van der Waals surface area (Å²) in [6.45, 7) is 1.95. The van der Waals surface area contributed by atoms with Gasteiger partial charge in [0.15, 0.2) is 12.6 Å². The maximum absolute atomic E-state index is 12.1. The molecule has 0 fully saturated rings. The molecule has 1 unspecified atom stereocenters. The molecule has 25 heavy (non-hydrogen) atoms. The van der Waals surface area contributed by atoms with E-state index in [9.17, 15) is 9.59 Å². The third-order valence-corrected chi connectivity index (χ3v) is 3.71. The lowest BCUT2D eigenvalue weighted by Crippen LogP contribution is -2.37. The summed E-state index contributed by atoms with van der Waals surface area (Å²) in [4.78, 5) is 24.1. The fourth-order valence-corrected chi connectivity index (χ4v) is 2.43. The van der Waals surface area contributed by atoms with Gasteiger partial charge >= 0.3 is 5.97 Å². The van der Waals surface area contributed by atoms with Gasteiger partial charge in [-0.1, -0.05) is 55.8 Å². The van der Waals surface area contributed by atoms with E-state index in [0.717, 1.165) is 12.8 Å². The Hall–Kier alpha value is -2.82. The molecule has 0 bridgehead atoms. The van der Waals surface area contributed by atoms with Gasteiger partial charge in [0, 0.05) is 0 Å². The van der Waals surface area contributed by atoms with Gasteiger partial charge in [0.2, 0.25) is 0 Å². The lowest BCUT2D eigenvalue weighted by atomic mass is 10.1. The molecule has 2 rings (SSSR count). The molecule has 0 spiro atoms. The van der Waals surface area contributed by atoms with Crippen LogP contribution in [0.2, 0.25) is 0 Å². The second-order valence-corrected chi connectivity index (χ2v) is 5.62. The zero-order valence-electron chi connectivity index (χ0n) is 14.5. The lowest BCUT2D eigenvalue weighted by molar-refractivity contribution is -0.145. The van der Waals surface area contributed by atoms with Gasteiger partial charge in [0.25, 0.3) is 5.91 Å². The number of aryl methyl sites for hydroxylation is 1. The van der Waals surface area contributed by atoms with Gasteiger partial charge < -0.3 is 14.8 Å². The Kier molecular flexibility index (Phi) is 7.01. The second-order valence-electron chi connectivity index (χ2n) is 5.62. The van der Waals surface area contributed by atoms with Crippen LogP contribution in [0.1, 0.15) is 30.5 Å². The summed E-state index contributed by atoms with van der Waals surface area (Å²) in [5.74, 6) is -0.301. The Balaban J connectivity index is 1.93. The van der Waals surface area contributed by atoms with E-state index in [-0.39, 0.29) is 6.61 Å². The summed E-state index contributed by atoms with van der Waals surface area (Å²) >= 11 is 0. The van der Waals surface area contributed by atoms with Crippen molar-refractivity contribution >= 4 is 11.9 Å². The summed E-state index contributed by atoms with van der Waals surface area (Å²) in [7, 11) is 1.29. The van der Waals surface area contributed by atoms with Gasteiger partial charge in [-0.15, -0.1) is 0 Å². The minimum absolute atomic E-state index is 0.173. The van der Waals surface area contributed by atoms with E-state index in [4.69, 9.17) is 9.47 Å². The molecule has 0 heterocycles. The first-order valence-electron chi connectivity index (χ1n) is 8.28. The Morgan fingerprint density at radius 1 is 1.04 bits per heavy atom. The van der Waals surface area contributed by atoms with E-state index in [1.54, 1.807) is 24.3 Å². The molecule has 0 saturated carbocycles. The number of hydrogen-bond donors (Lipinski definition) is 1. The predicted octanol–water partition coefficient (Wildman–Crippen LogP) is 3.05. The molecule has 132 valence electrons. The molecule has 2 aromatic rings. The summed E-state index contributed by atoms with van der Waals surface area (Å²) in [6, 6.07) is 15.7. The van der Waals surface area contributed by atoms with E-state index in [1.165, 1.54) is 12.7 Å². The van der Waals surface area contributed by atoms with Gasteiger partial charge in [0.05, 0.1) is 7.11 Å². The highest BCUT2D eigenvalue weighted by Crippen LogP contribution is 2.15. The summed E-state index contributed by atoms with van der Waals surface area (Å²) in [5, 5.41) is 2.65. The van der Waals surface area contributed by atoms with Crippen LogP contribution in [-0.4, -0.2) is 25.6 Å². The molecule has 0 aliphatic heterocycles. The van der Waals surface area contributed by atoms with Crippen LogP contribution < -0.4 is 10.1 Å². The number of ether oxygens (including phenoxy) is 2. The maximum Gasteiger partial charge on any atom is 0.333 e. The molecule has 0 aliphatic carbocycles. The highest BCUT2D eigenvalue weighted by Gasteiger charge is 2.23. The standard InChI is InChI=1S/C20H23NO4/c1-3-7-15-10-12-17(13-11-15)25-14-18(22)21-19(20(23)24-2)16-8-5-4-6-9-16/h4-6,8-13,19H,3,7,14H2,1-2H3,(H,21,22). The molecular formula is C20H23NO4. The average molecular weight is 341 g/mol. The van der Waals surface area contributed by atoms with Crippen molar-refractivity contribution in [1.82, 2.24) is 5.32 Å². The first kappa shape index (κ1) is 18.5. The van der Waals surface area contributed by atoms with E-state index >= 15 is 0 Å². The molecule has 0 saturated heterocycles. The average Bonchev–Trinajstić information content (AvgIpc) is 2.66. The van der Waals surface area contributed by atoms with Crippen molar-refractivity contribution in [3.05, 3.63) is 65.7 Å². The number of methoxy groups -OCH3 is 1. The third kappa shape index (κ3) is 5.64. The van der Waals surface area contributed by atoms with Gasteiger partial charge in [-0.05, 0) is 29.7 Å². The van der Waals surface area contributed by atoms with Crippen LogP contribution in [0.3, 0.4) is 0 Å². The van der Waals surface area contributed by atoms with Crippen LogP contribution in [0.15, 0.2) is 54.6 Å². The number of benzene rings is 2. The number of hydrogen-bond acceptors (Lipinski definition) is 4. The summed E-state index contributed by atoms with van der Waals surface area (Å²) < 4.78 is 10.3. The molecule has 0 radical (unpaired) electrons. The Morgan fingerprint density at radius 2 is 1.72 bits per heavy atom. The van der Waals surface area contributed by atoms with Gasteiger partial charge in [-0.3, -0.25) is 4.79 Å². The quantitative estimate of drug-likeness (QED) is 0.750. The van der Waals surface area contributed by atoms with Crippen molar-refractivity contribution < 1.29 is 19.1 Å². The minimum atomic E-state index is -0.853. The SMILES string of the molecule is CCCc1ccc(OCC(=O)NC(C(=O)OC)c2ccccc2)cc1. The highest BCUT2D eigenvalue weighted by atomic mass is 16.5. The summed E-state index contributed by atoms with van der Waals surface area (Å²) in [5.41, 5.74) is 1.89. The largest absolute Gasteiger partial charge is 0.484 e. The zero-order chi connectivity index (χ0) is 18.1. The normalized spacial score (nSPS) is 11.4. The maximum atomic E-state index is 12.1. The van der Waals surface area contributed by atoms with Crippen LogP contribution >= 0.6 is 0 Å². The number of nitrogens with one attached hydrogen (secondary N) is 1. The molecule has 5 nitrogen and oxygen atoms in total. The zero-order valence-corrected chi connectivity index (χ0v) is 14.5. The fraction of sp³-hybridized carbons (Fsp3) is 0.300. The molecule has 1 N–H and O–H groups in total. The molecular weight excluding hydrogens is 318 g/mol. The summed E-state index contributed by atoms with van der Waals surface area (Å²) in [6.07, 6.45) is 2.09. The molecule has 0 aliphatic rings. The monoisotopic (exact) mass is 341 g/mol. The van der Waals surface area contributed by atoms with Gasteiger partial charge in [0.1, 0.15) is 5.75 Å². The molecule has 5 heteroatoms.